The molecule has 1 unspecified atom stereocenters. The van der Waals surface area contributed by atoms with Crippen LogP contribution in [0.25, 0.3) is 6.08 Å². The van der Waals surface area contributed by atoms with Crippen molar-refractivity contribution < 1.29 is 9.18 Å². The maximum atomic E-state index is 13.9. The van der Waals surface area contributed by atoms with E-state index in [9.17, 15) is 9.18 Å². The van der Waals surface area contributed by atoms with Gasteiger partial charge in [-0.05, 0) is 49.0 Å². The third-order valence-corrected chi connectivity index (χ3v) is 4.63. The van der Waals surface area contributed by atoms with Gasteiger partial charge in [0.1, 0.15) is 11.5 Å². The molecule has 1 aliphatic rings. The molecule has 3 nitrogen and oxygen atoms in total. The lowest BCUT2D eigenvalue weighted by molar-refractivity contribution is -0.123. The quantitative estimate of drug-likeness (QED) is 0.607. The third-order valence-electron chi connectivity index (χ3n) is 3.84. The van der Waals surface area contributed by atoms with Crippen LogP contribution in [0.15, 0.2) is 58.7 Å². The molecule has 0 aliphatic carbocycles. The molecule has 24 heavy (non-hydrogen) atoms. The number of hydrogen-bond acceptors (Lipinski definition) is 2. The summed E-state index contributed by atoms with van der Waals surface area (Å²) in [4.78, 5) is 14.2. The second kappa shape index (κ2) is 6.83. The van der Waals surface area contributed by atoms with E-state index in [0.29, 0.717) is 10.7 Å². The molecular weight excluding hydrogens is 391 g/mol. The van der Waals surface area contributed by atoms with Crippen molar-refractivity contribution in [1.82, 2.24) is 10.2 Å². The molecule has 0 spiro atoms. The van der Waals surface area contributed by atoms with Crippen LogP contribution in [0.3, 0.4) is 0 Å². The van der Waals surface area contributed by atoms with Crippen LogP contribution in [0.4, 0.5) is 4.39 Å². The largest absolute Gasteiger partial charge is 0.328 e. The number of nitrogens with one attached hydrogen (secondary N) is 1. The van der Waals surface area contributed by atoms with Crippen molar-refractivity contribution in [1.29, 1.82) is 0 Å². The Bertz CT molecular complexity index is 838. The highest BCUT2D eigenvalue weighted by atomic mass is 79.9. The van der Waals surface area contributed by atoms with Crippen molar-refractivity contribution in [2.24, 2.45) is 0 Å². The number of halogens is 2. The summed E-state index contributed by atoms with van der Waals surface area (Å²) in [5, 5.41) is 3.20. The van der Waals surface area contributed by atoms with Crippen LogP contribution in [0.5, 0.6) is 0 Å². The molecule has 122 valence electrons. The summed E-state index contributed by atoms with van der Waals surface area (Å²) in [5.74, 6) is -0.670. The van der Waals surface area contributed by atoms with E-state index in [-0.39, 0.29) is 17.6 Å². The minimum absolute atomic E-state index is 0.211. The molecule has 0 saturated carbocycles. The van der Waals surface area contributed by atoms with Crippen molar-refractivity contribution >= 4 is 45.2 Å². The van der Waals surface area contributed by atoms with Gasteiger partial charge in [-0.1, -0.05) is 46.3 Å². The number of thiocarbonyl (C=S) groups is 1. The first-order chi connectivity index (χ1) is 11.5. The zero-order chi connectivity index (χ0) is 17.3. The van der Waals surface area contributed by atoms with Gasteiger partial charge in [-0.2, -0.15) is 0 Å². The van der Waals surface area contributed by atoms with Gasteiger partial charge < -0.3 is 5.32 Å². The molecule has 6 heteroatoms. The molecule has 0 bridgehead atoms. The first-order valence-corrected chi connectivity index (χ1v) is 8.53. The van der Waals surface area contributed by atoms with E-state index < -0.39 is 5.82 Å². The lowest BCUT2D eigenvalue weighted by Gasteiger charge is -2.23. The average molecular weight is 405 g/mol. The van der Waals surface area contributed by atoms with E-state index >= 15 is 0 Å². The molecule has 3 rings (SSSR count). The number of carbonyl (C=O) groups is 1. The number of carbonyl (C=O) groups excluding carboxylic acids is 1. The summed E-state index contributed by atoms with van der Waals surface area (Å²) in [6.45, 7) is 1.91. The average Bonchev–Trinajstić information content (AvgIpc) is 2.85. The van der Waals surface area contributed by atoms with Crippen LogP contribution >= 0.6 is 28.1 Å². The van der Waals surface area contributed by atoms with Gasteiger partial charge in [0, 0.05) is 10.0 Å². The Kier molecular flexibility index (Phi) is 4.78. The molecule has 1 amide bonds. The standard InChI is InChI=1S/C18H14BrFN2OS/c1-11(12-5-3-2-4-6-12)22-17(23)16(21-18(22)24)10-13-9-14(19)7-8-15(13)20/h2-11H,1H3,(H,21,24)/b16-10-. The second-order valence-electron chi connectivity index (χ2n) is 5.42. The zero-order valence-electron chi connectivity index (χ0n) is 12.8. The van der Waals surface area contributed by atoms with Gasteiger partial charge in [-0.25, -0.2) is 4.39 Å². The molecule has 0 radical (unpaired) electrons. The number of amides is 1. The number of nitrogens with zero attached hydrogens (tertiary/aromatic N) is 1. The summed E-state index contributed by atoms with van der Waals surface area (Å²) in [7, 11) is 0. The second-order valence-corrected chi connectivity index (χ2v) is 6.72. The van der Waals surface area contributed by atoms with Gasteiger partial charge in [0.05, 0.1) is 6.04 Å². The summed E-state index contributed by atoms with van der Waals surface area (Å²) >= 11 is 8.60. The van der Waals surface area contributed by atoms with E-state index in [0.717, 1.165) is 10.0 Å². The Morgan fingerprint density at radius 3 is 2.67 bits per heavy atom. The van der Waals surface area contributed by atoms with Gasteiger partial charge in [-0.15, -0.1) is 0 Å². The zero-order valence-corrected chi connectivity index (χ0v) is 15.2. The Labute approximate surface area is 153 Å². The maximum absolute atomic E-state index is 13.9. The predicted molar refractivity (Wildman–Crippen MR) is 99.5 cm³/mol. The first kappa shape index (κ1) is 16.8. The van der Waals surface area contributed by atoms with Gasteiger partial charge in [0.2, 0.25) is 0 Å². The van der Waals surface area contributed by atoms with Crippen molar-refractivity contribution in [2.45, 2.75) is 13.0 Å². The summed E-state index contributed by atoms with van der Waals surface area (Å²) in [5.41, 5.74) is 1.56. The summed E-state index contributed by atoms with van der Waals surface area (Å²) in [6.07, 6.45) is 1.48. The van der Waals surface area contributed by atoms with Crippen molar-refractivity contribution in [2.75, 3.05) is 0 Å². The SMILES string of the molecule is CC(c1ccccc1)N1C(=O)/C(=C/c2cc(Br)ccc2F)NC1=S. The minimum Gasteiger partial charge on any atom is -0.328 e. The highest BCUT2D eigenvalue weighted by molar-refractivity contribution is 9.10. The Hall–Kier alpha value is -2.05. The predicted octanol–water partition coefficient (Wildman–Crippen LogP) is 4.41. The van der Waals surface area contributed by atoms with Gasteiger partial charge in [0.25, 0.3) is 5.91 Å². The summed E-state index contributed by atoms with van der Waals surface area (Å²) in [6, 6.07) is 14.0. The van der Waals surface area contributed by atoms with Crippen LogP contribution in [0.1, 0.15) is 24.1 Å². The lowest BCUT2D eigenvalue weighted by Crippen LogP contribution is -2.33. The summed E-state index contributed by atoms with van der Waals surface area (Å²) < 4.78 is 14.7. The molecule has 1 atom stereocenters. The van der Waals surface area contributed by atoms with Crippen LogP contribution < -0.4 is 5.32 Å². The molecule has 1 saturated heterocycles. The fourth-order valence-electron chi connectivity index (χ4n) is 2.56. The van der Waals surface area contributed by atoms with Gasteiger partial charge >= 0.3 is 0 Å². The van der Waals surface area contributed by atoms with Crippen LogP contribution in [-0.4, -0.2) is 15.9 Å². The van der Waals surface area contributed by atoms with E-state index in [1.807, 2.05) is 37.3 Å². The number of rotatable bonds is 3. The Morgan fingerprint density at radius 2 is 1.96 bits per heavy atom. The fraction of sp³-hybridized carbons (Fsp3) is 0.111. The third kappa shape index (κ3) is 3.25. The molecule has 2 aromatic carbocycles. The van der Waals surface area contributed by atoms with E-state index in [1.54, 1.807) is 12.1 Å². The monoisotopic (exact) mass is 404 g/mol. The first-order valence-electron chi connectivity index (χ1n) is 7.33. The maximum Gasteiger partial charge on any atom is 0.277 e. The topological polar surface area (TPSA) is 32.3 Å². The molecule has 1 heterocycles. The fourth-order valence-corrected chi connectivity index (χ4v) is 3.29. The van der Waals surface area contributed by atoms with Gasteiger partial charge in [-0.3, -0.25) is 9.69 Å². The number of hydrogen-bond donors (Lipinski definition) is 1. The minimum atomic E-state index is -0.402. The molecule has 0 aromatic heterocycles. The smallest absolute Gasteiger partial charge is 0.277 e. The molecule has 1 N–H and O–H groups in total. The van der Waals surface area contributed by atoms with Crippen molar-refractivity contribution in [3.05, 3.63) is 75.6 Å². The Morgan fingerprint density at radius 1 is 1.25 bits per heavy atom. The molecule has 2 aromatic rings. The highest BCUT2D eigenvalue weighted by Gasteiger charge is 2.34. The van der Waals surface area contributed by atoms with E-state index in [1.165, 1.54) is 17.0 Å². The Balaban J connectivity index is 1.92. The highest BCUT2D eigenvalue weighted by Crippen LogP contribution is 2.27. The molecular formula is C18H14BrFN2OS. The lowest BCUT2D eigenvalue weighted by atomic mass is 10.1. The van der Waals surface area contributed by atoms with Crippen LogP contribution in [0, 0.1) is 5.82 Å². The molecule has 1 fully saturated rings. The number of benzene rings is 2. The van der Waals surface area contributed by atoms with Crippen LogP contribution in [-0.2, 0) is 4.79 Å². The van der Waals surface area contributed by atoms with Gasteiger partial charge in [0.15, 0.2) is 5.11 Å². The van der Waals surface area contributed by atoms with E-state index in [2.05, 4.69) is 21.2 Å². The van der Waals surface area contributed by atoms with Crippen molar-refractivity contribution in [3.63, 3.8) is 0 Å². The normalized spacial score (nSPS) is 17.3. The van der Waals surface area contributed by atoms with Crippen molar-refractivity contribution in [3.8, 4) is 0 Å². The molecule has 1 aliphatic heterocycles. The van der Waals surface area contributed by atoms with E-state index in [4.69, 9.17) is 12.2 Å². The van der Waals surface area contributed by atoms with Crippen LogP contribution in [0.2, 0.25) is 0 Å².